The number of hydrogen-bond acceptors (Lipinski definition) is 2. The fourth-order valence-corrected chi connectivity index (χ4v) is 2.15. The van der Waals surface area contributed by atoms with Gasteiger partial charge < -0.3 is 5.32 Å². The second-order valence-corrected chi connectivity index (χ2v) is 5.06. The molecule has 2 aromatic rings. The Balaban J connectivity index is 1.92. The van der Waals surface area contributed by atoms with E-state index in [9.17, 15) is 4.79 Å². The molecule has 0 bridgehead atoms. The normalized spacial score (nSPS) is 10.5. The van der Waals surface area contributed by atoms with Crippen LogP contribution < -0.4 is 5.32 Å². The summed E-state index contributed by atoms with van der Waals surface area (Å²) in [6.45, 7) is 1.87. The number of aryl methyl sites for hydroxylation is 2. The molecule has 1 heterocycles. The molecular formula is C13H13Cl2N3O. The Morgan fingerprint density at radius 3 is 2.84 bits per heavy atom. The lowest BCUT2D eigenvalue weighted by molar-refractivity contribution is -0.116. The number of aromatic nitrogens is 2. The van der Waals surface area contributed by atoms with Gasteiger partial charge in [-0.05, 0) is 31.0 Å². The molecular weight excluding hydrogens is 285 g/mol. The molecule has 0 atom stereocenters. The quantitative estimate of drug-likeness (QED) is 0.906. The number of anilines is 1. The first-order valence-corrected chi connectivity index (χ1v) is 6.55. The zero-order chi connectivity index (χ0) is 13.8. The standard InChI is InChI=1S/C13H13Cl2N3O/c1-8-7-16-18-13(8)17-12(19)5-3-9-2-4-10(14)6-11(9)15/h2,4,6-7H,3,5H2,1H3,(H2,16,17,18,19). The molecule has 2 N–H and O–H groups in total. The highest BCUT2D eigenvalue weighted by Gasteiger charge is 2.08. The van der Waals surface area contributed by atoms with Crippen LogP contribution in [0.15, 0.2) is 24.4 Å². The number of amides is 1. The Morgan fingerprint density at radius 2 is 2.21 bits per heavy atom. The number of nitrogens with one attached hydrogen (secondary N) is 2. The molecule has 0 radical (unpaired) electrons. The fourth-order valence-electron chi connectivity index (χ4n) is 1.65. The van der Waals surface area contributed by atoms with E-state index in [0.29, 0.717) is 28.7 Å². The molecule has 0 fully saturated rings. The van der Waals surface area contributed by atoms with E-state index in [2.05, 4.69) is 15.5 Å². The van der Waals surface area contributed by atoms with Crippen molar-refractivity contribution in [3.8, 4) is 0 Å². The number of benzene rings is 1. The predicted octanol–water partition coefficient (Wildman–Crippen LogP) is 3.60. The first-order valence-electron chi connectivity index (χ1n) is 5.80. The zero-order valence-electron chi connectivity index (χ0n) is 10.3. The summed E-state index contributed by atoms with van der Waals surface area (Å²) in [4.78, 5) is 11.8. The van der Waals surface area contributed by atoms with E-state index >= 15 is 0 Å². The Hall–Kier alpha value is -1.52. The molecule has 1 aromatic heterocycles. The van der Waals surface area contributed by atoms with Gasteiger partial charge in [-0.15, -0.1) is 0 Å². The molecule has 0 spiro atoms. The Bertz CT molecular complexity index is 595. The van der Waals surface area contributed by atoms with Crippen molar-refractivity contribution in [1.29, 1.82) is 0 Å². The maximum Gasteiger partial charge on any atom is 0.225 e. The number of rotatable bonds is 4. The highest BCUT2D eigenvalue weighted by atomic mass is 35.5. The maximum atomic E-state index is 11.8. The Labute approximate surface area is 121 Å². The van der Waals surface area contributed by atoms with Crippen molar-refractivity contribution < 1.29 is 4.79 Å². The lowest BCUT2D eigenvalue weighted by Crippen LogP contribution is -2.13. The number of hydrogen-bond donors (Lipinski definition) is 2. The smallest absolute Gasteiger partial charge is 0.225 e. The van der Waals surface area contributed by atoms with Crippen LogP contribution in [0.5, 0.6) is 0 Å². The monoisotopic (exact) mass is 297 g/mol. The largest absolute Gasteiger partial charge is 0.311 e. The van der Waals surface area contributed by atoms with Crippen molar-refractivity contribution in [2.75, 3.05) is 5.32 Å². The third-order valence-electron chi connectivity index (χ3n) is 2.73. The third-order valence-corrected chi connectivity index (χ3v) is 3.32. The van der Waals surface area contributed by atoms with Gasteiger partial charge in [0.15, 0.2) is 0 Å². The SMILES string of the molecule is Cc1cn[nH]c1NC(=O)CCc1ccc(Cl)cc1Cl. The van der Waals surface area contributed by atoms with E-state index in [1.54, 1.807) is 18.3 Å². The van der Waals surface area contributed by atoms with Gasteiger partial charge in [0, 0.05) is 22.0 Å². The number of H-pyrrole nitrogens is 1. The minimum atomic E-state index is -0.0848. The molecule has 4 nitrogen and oxygen atoms in total. The first-order chi connectivity index (χ1) is 9.06. The number of aromatic amines is 1. The van der Waals surface area contributed by atoms with Crippen LogP contribution >= 0.6 is 23.2 Å². The van der Waals surface area contributed by atoms with Crippen LogP contribution in [-0.2, 0) is 11.2 Å². The maximum absolute atomic E-state index is 11.8. The van der Waals surface area contributed by atoms with Crippen molar-refractivity contribution in [3.63, 3.8) is 0 Å². The summed E-state index contributed by atoms with van der Waals surface area (Å²) < 4.78 is 0. The first kappa shape index (κ1) is 13.9. The summed E-state index contributed by atoms with van der Waals surface area (Å²) in [5.74, 6) is 0.547. The molecule has 1 amide bonds. The van der Waals surface area contributed by atoms with Gasteiger partial charge in [0.2, 0.25) is 5.91 Å². The van der Waals surface area contributed by atoms with Crippen LogP contribution in [0.2, 0.25) is 10.0 Å². The Morgan fingerprint density at radius 1 is 1.42 bits per heavy atom. The second-order valence-electron chi connectivity index (χ2n) is 4.21. The summed E-state index contributed by atoms with van der Waals surface area (Å²) in [6.07, 6.45) is 2.57. The van der Waals surface area contributed by atoms with E-state index in [1.165, 1.54) is 0 Å². The molecule has 6 heteroatoms. The highest BCUT2D eigenvalue weighted by Crippen LogP contribution is 2.22. The lowest BCUT2D eigenvalue weighted by atomic mass is 10.1. The van der Waals surface area contributed by atoms with E-state index in [4.69, 9.17) is 23.2 Å². The Kier molecular flexibility index (Phi) is 4.45. The van der Waals surface area contributed by atoms with Crippen LogP contribution in [-0.4, -0.2) is 16.1 Å². The molecule has 2 rings (SSSR count). The molecule has 19 heavy (non-hydrogen) atoms. The van der Waals surface area contributed by atoms with Gasteiger partial charge in [0.25, 0.3) is 0 Å². The number of nitrogens with zero attached hydrogens (tertiary/aromatic N) is 1. The van der Waals surface area contributed by atoms with Crippen molar-refractivity contribution in [2.45, 2.75) is 19.8 Å². The number of carbonyl (C=O) groups excluding carboxylic acids is 1. The van der Waals surface area contributed by atoms with Gasteiger partial charge in [0.1, 0.15) is 5.82 Å². The van der Waals surface area contributed by atoms with Crippen LogP contribution in [0.1, 0.15) is 17.5 Å². The fraction of sp³-hybridized carbons (Fsp3) is 0.231. The molecule has 0 aliphatic rings. The van der Waals surface area contributed by atoms with Crippen molar-refractivity contribution >= 4 is 34.9 Å². The second kappa shape index (κ2) is 6.08. The van der Waals surface area contributed by atoms with E-state index in [0.717, 1.165) is 11.1 Å². The molecule has 0 saturated carbocycles. The zero-order valence-corrected chi connectivity index (χ0v) is 11.8. The molecule has 100 valence electrons. The summed E-state index contributed by atoms with van der Waals surface area (Å²) in [5, 5.41) is 10.5. The minimum Gasteiger partial charge on any atom is -0.311 e. The van der Waals surface area contributed by atoms with Crippen LogP contribution in [0.25, 0.3) is 0 Å². The van der Waals surface area contributed by atoms with E-state index in [1.807, 2.05) is 13.0 Å². The lowest BCUT2D eigenvalue weighted by Gasteiger charge is -2.06. The van der Waals surface area contributed by atoms with Gasteiger partial charge in [-0.2, -0.15) is 5.10 Å². The highest BCUT2D eigenvalue weighted by molar-refractivity contribution is 6.35. The predicted molar refractivity (Wildman–Crippen MR) is 76.7 cm³/mol. The van der Waals surface area contributed by atoms with Gasteiger partial charge in [-0.3, -0.25) is 9.89 Å². The molecule has 0 aliphatic heterocycles. The molecule has 1 aromatic carbocycles. The average Bonchev–Trinajstić information content (AvgIpc) is 2.74. The van der Waals surface area contributed by atoms with Gasteiger partial charge in [-0.1, -0.05) is 29.3 Å². The van der Waals surface area contributed by atoms with Crippen molar-refractivity contribution in [3.05, 3.63) is 45.6 Å². The van der Waals surface area contributed by atoms with E-state index in [-0.39, 0.29) is 5.91 Å². The molecule has 0 aliphatic carbocycles. The molecule has 0 unspecified atom stereocenters. The van der Waals surface area contributed by atoms with Crippen LogP contribution in [0, 0.1) is 6.92 Å². The third kappa shape index (κ3) is 3.72. The van der Waals surface area contributed by atoms with Gasteiger partial charge in [-0.25, -0.2) is 0 Å². The van der Waals surface area contributed by atoms with Gasteiger partial charge in [0.05, 0.1) is 6.20 Å². The van der Waals surface area contributed by atoms with E-state index < -0.39 is 0 Å². The van der Waals surface area contributed by atoms with Crippen molar-refractivity contribution in [1.82, 2.24) is 10.2 Å². The summed E-state index contributed by atoms with van der Waals surface area (Å²) >= 11 is 11.9. The summed E-state index contributed by atoms with van der Waals surface area (Å²) in [6, 6.07) is 5.27. The number of halogens is 2. The summed E-state index contributed by atoms with van der Waals surface area (Å²) in [5.41, 5.74) is 1.81. The van der Waals surface area contributed by atoms with Gasteiger partial charge >= 0.3 is 0 Å². The summed E-state index contributed by atoms with van der Waals surface area (Å²) in [7, 11) is 0. The van der Waals surface area contributed by atoms with Crippen molar-refractivity contribution in [2.24, 2.45) is 0 Å². The average molecular weight is 298 g/mol. The van der Waals surface area contributed by atoms with Crippen LogP contribution in [0.4, 0.5) is 5.82 Å². The topological polar surface area (TPSA) is 57.8 Å². The van der Waals surface area contributed by atoms with Crippen LogP contribution in [0.3, 0.4) is 0 Å². The molecule has 0 saturated heterocycles. The number of carbonyl (C=O) groups is 1. The minimum absolute atomic E-state index is 0.0848.